The van der Waals surface area contributed by atoms with Gasteiger partial charge in [-0.25, -0.2) is 0 Å². The lowest BCUT2D eigenvalue weighted by molar-refractivity contribution is 1.56. The average Bonchev–Trinajstić information content (AvgIpc) is 2.23. The number of benzene rings is 2. The second-order valence-corrected chi connectivity index (χ2v) is 5.14. The number of hydrogen-bond acceptors (Lipinski definition) is 0. The fourth-order valence-electron chi connectivity index (χ4n) is 1.39. The third-order valence-electron chi connectivity index (χ3n) is 2.12. The van der Waals surface area contributed by atoms with E-state index >= 15 is 0 Å². The van der Waals surface area contributed by atoms with Gasteiger partial charge < -0.3 is 0 Å². The van der Waals surface area contributed by atoms with Crippen molar-refractivity contribution in [2.24, 2.45) is 0 Å². The van der Waals surface area contributed by atoms with E-state index in [-0.39, 0.29) is 0 Å². The topological polar surface area (TPSA) is 0 Å². The molecular weight excluding hydrogens is 339 g/mol. The third kappa shape index (κ3) is 2.27. The minimum absolute atomic E-state index is 0.725. The Balaban J connectivity index is 2.65. The van der Waals surface area contributed by atoms with Gasteiger partial charge >= 0.3 is 0 Å². The van der Waals surface area contributed by atoms with E-state index in [1.807, 2.05) is 36.4 Å². The summed E-state index contributed by atoms with van der Waals surface area (Å²) in [6, 6.07) is 13.9. The molecule has 0 aliphatic rings. The van der Waals surface area contributed by atoms with E-state index < -0.39 is 0 Å². The van der Waals surface area contributed by atoms with E-state index in [1.165, 1.54) is 0 Å². The summed E-state index contributed by atoms with van der Waals surface area (Å²) in [7, 11) is 0. The van der Waals surface area contributed by atoms with Crippen LogP contribution in [0.5, 0.6) is 0 Å². The van der Waals surface area contributed by atoms with Crippen molar-refractivity contribution in [3.63, 3.8) is 0 Å². The molecule has 0 heterocycles. The molecule has 2 aromatic rings. The summed E-state index contributed by atoms with van der Waals surface area (Å²) in [5.74, 6) is 0. The molecule has 0 spiro atoms. The number of hydrogen-bond donors (Lipinski definition) is 0. The smallest absolute Gasteiger partial charge is 0.0554 e. The highest BCUT2D eigenvalue weighted by molar-refractivity contribution is 9.11. The van der Waals surface area contributed by atoms with E-state index in [4.69, 9.17) is 11.6 Å². The molecule has 0 unspecified atom stereocenters. The van der Waals surface area contributed by atoms with Crippen molar-refractivity contribution in [2.75, 3.05) is 0 Å². The molecule has 0 aliphatic carbocycles. The monoisotopic (exact) mass is 344 g/mol. The van der Waals surface area contributed by atoms with E-state index in [9.17, 15) is 0 Å². The highest BCUT2D eigenvalue weighted by atomic mass is 79.9. The summed E-state index contributed by atoms with van der Waals surface area (Å²) >= 11 is 13.1. The zero-order valence-electron chi connectivity index (χ0n) is 7.68. The molecule has 3 heteroatoms. The van der Waals surface area contributed by atoms with Crippen molar-refractivity contribution in [1.82, 2.24) is 0 Å². The Hall–Kier alpha value is -0.310. The summed E-state index contributed by atoms with van der Waals surface area (Å²) in [6.07, 6.45) is 0. The largest absolute Gasteiger partial charge is 0.0831 e. The fraction of sp³-hybridized carbons (Fsp3) is 0. The SMILES string of the molecule is Clc1cccc(-c2ccccc2Br)c1Br. The maximum atomic E-state index is 6.05. The van der Waals surface area contributed by atoms with Crippen LogP contribution in [0, 0.1) is 0 Å². The van der Waals surface area contributed by atoms with Crippen molar-refractivity contribution in [1.29, 1.82) is 0 Å². The van der Waals surface area contributed by atoms with Crippen molar-refractivity contribution in [3.05, 3.63) is 56.4 Å². The van der Waals surface area contributed by atoms with Crippen LogP contribution in [-0.2, 0) is 0 Å². The van der Waals surface area contributed by atoms with Gasteiger partial charge in [0.15, 0.2) is 0 Å². The summed E-state index contributed by atoms with van der Waals surface area (Å²) in [4.78, 5) is 0. The maximum Gasteiger partial charge on any atom is 0.0554 e. The zero-order chi connectivity index (χ0) is 10.8. The molecule has 0 aromatic heterocycles. The Kier molecular flexibility index (Phi) is 3.49. The lowest BCUT2D eigenvalue weighted by Crippen LogP contribution is -1.81. The molecule has 0 bridgehead atoms. The van der Waals surface area contributed by atoms with E-state index in [2.05, 4.69) is 37.9 Å². The molecule has 15 heavy (non-hydrogen) atoms. The number of halogens is 3. The number of rotatable bonds is 1. The summed E-state index contributed by atoms with van der Waals surface area (Å²) in [5.41, 5.74) is 2.22. The van der Waals surface area contributed by atoms with Crippen molar-refractivity contribution < 1.29 is 0 Å². The van der Waals surface area contributed by atoms with Crippen LogP contribution in [0.15, 0.2) is 51.4 Å². The molecule has 0 radical (unpaired) electrons. The van der Waals surface area contributed by atoms with Gasteiger partial charge in [-0.05, 0) is 39.2 Å². The second kappa shape index (κ2) is 4.69. The van der Waals surface area contributed by atoms with E-state index in [0.29, 0.717) is 0 Å². The Bertz CT molecular complexity index is 495. The Morgan fingerprint density at radius 3 is 2.20 bits per heavy atom. The first-order valence-electron chi connectivity index (χ1n) is 4.39. The zero-order valence-corrected chi connectivity index (χ0v) is 11.6. The predicted molar refractivity (Wildman–Crippen MR) is 72.3 cm³/mol. The first-order valence-corrected chi connectivity index (χ1v) is 6.35. The minimum Gasteiger partial charge on any atom is -0.0831 e. The summed E-state index contributed by atoms with van der Waals surface area (Å²) in [5, 5.41) is 0.725. The highest BCUT2D eigenvalue weighted by Crippen LogP contribution is 2.36. The lowest BCUT2D eigenvalue weighted by Gasteiger charge is -2.07. The molecule has 0 amide bonds. The molecule has 0 aliphatic heterocycles. The third-order valence-corrected chi connectivity index (χ3v) is 4.20. The molecule has 0 saturated heterocycles. The van der Waals surface area contributed by atoms with Crippen molar-refractivity contribution in [2.45, 2.75) is 0 Å². The average molecular weight is 346 g/mol. The van der Waals surface area contributed by atoms with Crippen molar-refractivity contribution >= 4 is 43.5 Å². The van der Waals surface area contributed by atoms with Gasteiger partial charge in [-0.15, -0.1) is 0 Å². The molecule has 0 saturated carbocycles. The van der Waals surface area contributed by atoms with Crippen LogP contribution >= 0.6 is 43.5 Å². The molecule has 0 nitrogen and oxygen atoms in total. The predicted octanol–water partition coefficient (Wildman–Crippen LogP) is 5.53. The Morgan fingerprint density at radius 2 is 1.47 bits per heavy atom. The Labute approximate surface area is 111 Å². The molecule has 0 fully saturated rings. The minimum atomic E-state index is 0.725. The first kappa shape index (κ1) is 11.2. The van der Waals surface area contributed by atoms with Gasteiger partial charge in [0.2, 0.25) is 0 Å². The second-order valence-electron chi connectivity index (χ2n) is 3.08. The molecular formula is C12H7Br2Cl. The van der Waals surface area contributed by atoms with Crippen LogP contribution in [0.3, 0.4) is 0 Å². The van der Waals surface area contributed by atoms with Gasteiger partial charge in [0.05, 0.1) is 5.02 Å². The van der Waals surface area contributed by atoms with Crippen LogP contribution in [0.25, 0.3) is 11.1 Å². The lowest BCUT2D eigenvalue weighted by atomic mass is 10.1. The normalized spacial score (nSPS) is 10.3. The van der Waals surface area contributed by atoms with Crippen LogP contribution in [0.2, 0.25) is 5.02 Å². The molecule has 76 valence electrons. The standard InChI is InChI=1S/C12H7Br2Cl/c13-10-6-2-1-4-8(10)9-5-3-7-11(15)12(9)14/h1-7H. The van der Waals surface area contributed by atoms with E-state index in [0.717, 1.165) is 25.1 Å². The van der Waals surface area contributed by atoms with Gasteiger partial charge in [0.25, 0.3) is 0 Å². The fourth-order valence-corrected chi connectivity index (χ4v) is 2.54. The van der Waals surface area contributed by atoms with Gasteiger partial charge in [-0.3, -0.25) is 0 Å². The van der Waals surface area contributed by atoms with Crippen LogP contribution < -0.4 is 0 Å². The van der Waals surface area contributed by atoms with Gasteiger partial charge in [-0.1, -0.05) is 57.9 Å². The van der Waals surface area contributed by atoms with Crippen LogP contribution in [-0.4, -0.2) is 0 Å². The van der Waals surface area contributed by atoms with Crippen LogP contribution in [0.1, 0.15) is 0 Å². The first-order chi connectivity index (χ1) is 7.20. The van der Waals surface area contributed by atoms with E-state index in [1.54, 1.807) is 0 Å². The summed E-state index contributed by atoms with van der Waals surface area (Å²) in [6.45, 7) is 0. The van der Waals surface area contributed by atoms with Gasteiger partial charge in [0, 0.05) is 8.95 Å². The van der Waals surface area contributed by atoms with Gasteiger partial charge in [-0.2, -0.15) is 0 Å². The van der Waals surface area contributed by atoms with Gasteiger partial charge in [0.1, 0.15) is 0 Å². The molecule has 2 aromatic carbocycles. The maximum absolute atomic E-state index is 6.05. The highest BCUT2D eigenvalue weighted by Gasteiger charge is 2.08. The quantitative estimate of drug-likeness (QED) is 0.637. The molecule has 2 rings (SSSR count). The Morgan fingerprint density at radius 1 is 0.800 bits per heavy atom. The van der Waals surface area contributed by atoms with Crippen molar-refractivity contribution in [3.8, 4) is 11.1 Å². The van der Waals surface area contributed by atoms with Crippen LogP contribution in [0.4, 0.5) is 0 Å². The summed E-state index contributed by atoms with van der Waals surface area (Å²) < 4.78 is 1.99. The molecule has 0 atom stereocenters. The molecule has 0 N–H and O–H groups in total.